The standard InChI is InChI=1S/C15H24N2/c1-13(17-10-4-2-3-5-11-17)12-14-6-8-15(16)9-7-14/h6-9,13H,2-5,10-12,16H2,1H3. The first kappa shape index (κ1) is 12.4. The number of hydrogen-bond donors (Lipinski definition) is 1. The molecule has 2 rings (SSSR count). The maximum absolute atomic E-state index is 5.71. The highest BCUT2D eigenvalue weighted by atomic mass is 15.1. The summed E-state index contributed by atoms with van der Waals surface area (Å²) in [6.45, 7) is 4.90. The second-order valence-electron chi connectivity index (χ2n) is 5.24. The van der Waals surface area contributed by atoms with Crippen LogP contribution in [0.5, 0.6) is 0 Å². The monoisotopic (exact) mass is 232 g/mol. The van der Waals surface area contributed by atoms with Gasteiger partial charge in [0.15, 0.2) is 0 Å². The van der Waals surface area contributed by atoms with Crippen LogP contribution in [0.25, 0.3) is 0 Å². The Bertz CT molecular complexity index is 323. The lowest BCUT2D eigenvalue weighted by Gasteiger charge is -2.27. The fourth-order valence-corrected chi connectivity index (χ4v) is 2.66. The second-order valence-corrected chi connectivity index (χ2v) is 5.24. The summed E-state index contributed by atoms with van der Waals surface area (Å²) in [5.74, 6) is 0. The third-order valence-corrected chi connectivity index (χ3v) is 3.77. The molecule has 0 bridgehead atoms. The Kier molecular flexibility index (Phi) is 4.43. The Morgan fingerprint density at radius 2 is 1.65 bits per heavy atom. The number of nitrogens with zero attached hydrogens (tertiary/aromatic N) is 1. The fraction of sp³-hybridized carbons (Fsp3) is 0.600. The molecule has 1 fully saturated rings. The summed E-state index contributed by atoms with van der Waals surface area (Å²) in [5.41, 5.74) is 7.97. The van der Waals surface area contributed by atoms with Crippen LogP contribution in [0.4, 0.5) is 5.69 Å². The van der Waals surface area contributed by atoms with Crippen molar-refractivity contribution in [2.45, 2.75) is 45.1 Å². The van der Waals surface area contributed by atoms with Gasteiger partial charge in [0.2, 0.25) is 0 Å². The molecule has 1 unspecified atom stereocenters. The number of hydrogen-bond acceptors (Lipinski definition) is 2. The molecule has 0 saturated carbocycles. The molecule has 1 aromatic rings. The first-order valence-electron chi connectivity index (χ1n) is 6.84. The highest BCUT2D eigenvalue weighted by molar-refractivity contribution is 5.39. The smallest absolute Gasteiger partial charge is 0.0314 e. The van der Waals surface area contributed by atoms with Gasteiger partial charge in [-0.1, -0.05) is 25.0 Å². The minimum absolute atomic E-state index is 0.650. The molecule has 2 N–H and O–H groups in total. The van der Waals surface area contributed by atoms with E-state index in [0.717, 1.165) is 12.1 Å². The average molecular weight is 232 g/mol. The van der Waals surface area contributed by atoms with E-state index < -0.39 is 0 Å². The number of nitrogen functional groups attached to an aromatic ring is 1. The number of anilines is 1. The number of benzene rings is 1. The fourth-order valence-electron chi connectivity index (χ4n) is 2.66. The molecule has 0 aromatic heterocycles. The summed E-state index contributed by atoms with van der Waals surface area (Å²) < 4.78 is 0. The molecule has 1 aliphatic heterocycles. The van der Waals surface area contributed by atoms with Gasteiger partial charge in [-0.05, 0) is 57.0 Å². The van der Waals surface area contributed by atoms with Crippen molar-refractivity contribution in [2.24, 2.45) is 0 Å². The van der Waals surface area contributed by atoms with Gasteiger partial charge in [-0.15, -0.1) is 0 Å². The molecule has 1 aromatic carbocycles. The predicted molar refractivity (Wildman–Crippen MR) is 74.1 cm³/mol. The average Bonchev–Trinajstić information content (AvgIpc) is 2.61. The van der Waals surface area contributed by atoms with E-state index in [4.69, 9.17) is 5.73 Å². The zero-order chi connectivity index (χ0) is 12.1. The molecule has 1 atom stereocenters. The minimum Gasteiger partial charge on any atom is -0.399 e. The summed E-state index contributed by atoms with van der Waals surface area (Å²) >= 11 is 0. The molecular weight excluding hydrogens is 208 g/mol. The van der Waals surface area contributed by atoms with Crippen molar-refractivity contribution in [2.75, 3.05) is 18.8 Å². The number of nitrogens with two attached hydrogens (primary N) is 1. The molecule has 0 amide bonds. The van der Waals surface area contributed by atoms with E-state index in [2.05, 4.69) is 24.0 Å². The molecule has 1 aliphatic rings. The summed E-state index contributed by atoms with van der Waals surface area (Å²) in [5, 5.41) is 0. The molecule has 2 nitrogen and oxygen atoms in total. The zero-order valence-corrected chi connectivity index (χ0v) is 10.9. The van der Waals surface area contributed by atoms with Crippen molar-refractivity contribution >= 4 is 5.69 Å². The van der Waals surface area contributed by atoms with Crippen molar-refractivity contribution in [1.29, 1.82) is 0 Å². The van der Waals surface area contributed by atoms with Crippen molar-refractivity contribution in [3.8, 4) is 0 Å². The maximum atomic E-state index is 5.71. The van der Waals surface area contributed by atoms with Gasteiger partial charge in [0.05, 0.1) is 0 Å². The first-order valence-corrected chi connectivity index (χ1v) is 6.84. The molecule has 17 heavy (non-hydrogen) atoms. The molecule has 94 valence electrons. The zero-order valence-electron chi connectivity index (χ0n) is 10.9. The van der Waals surface area contributed by atoms with Crippen molar-refractivity contribution in [1.82, 2.24) is 4.90 Å². The molecule has 1 heterocycles. The van der Waals surface area contributed by atoms with Gasteiger partial charge in [-0.3, -0.25) is 0 Å². The van der Waals surface area contributed by atoms with Gasteiger partial charge in [-0.2, -0.15) is 0 Å². The molecule has 2 heteroatoms. The lowest BCUT2D eigenvalue weighted by atomic mass is 10.1. The van der Waals surface area contributed by atoms with Crippen LogP contribution in [0.3, 0.4) is 0 Å². The molecule has 1 saturated heterocycles. The van der Waals surface area contributed by atoms with Crippen LogP contribution in [-0.2, 0) is 6.42 Å². The normalized spacial score (nSPS) is 19.8. The predicted octanol–water partition coefficient (Wildman–Crippen LogP) is 3.08. The Morgan fingerprint density at radius 1 is 1.06 bits per heavy atom. The Hall–Kier alpha value is -1.02. The SMILES string of the molecule is CC(Cc1ccc(N)cc1)N1CCCCCC1. The maximum Gasteiger partial charge on any atom is 0.0314 e. The van der Waals surface area contributed by atoms with Gasteiger partial charge in [0, 0.05) is 11.7 Å². The highest BCUT2D eigenvalue weighted by Gasteiger charge is 2.15. The van der Waals surface area contributed by atoms with E-state index in [9.17, 15) is 0 Å². The van der Waals surface area contributed by atoms with Crippen LogP contribution in [0.2, 0.25) is 0 Å². The molecular formula is C15H24N2. The summed E-state index contributed by atoms with van der Waals surface area (Å²) in [6.07, 6.45) is 6.69. The summed E-state index contributed by atoms with van der Waals surface area (Å²) in [4.78, 5) is 2.64. The van der Waals surface area contributed by atoms with E-state index >= 15 is 0 Å². The second kappa shape index (κ2) is 6.06. The van der Waals surface area contributed by atoms with E-state index in [1.165, 1.54) is 44.3 Å². The van der Waals surface area contributed by atoms with Crippen LogP contribution >= 0.6 is 0 Å². The van der Waals surface area contributed by atoms with E-state index in [1.54, 1.807) is 0 Å². The summed E-state index contributed by atoms with van der Waals surface area (Å²) in [7, 11) is 0. The van der Waals surface area contributed by atoms with Gasteiger partial charge in [0.25, 0.3) is 0 Å². The topological polar surface area (TPSA) is 29.3 Å². The lowest BCUT2D eigenvalue weighted by molar-refractivity contribution is 0.216. The van der Waals surface area contributed by atoms with Gasteiger partial charge in [0.1, 0.15) is 0 Å². The third kappa shape index (κ3) is 3.74. The molecule has 0 spiro atoms. The minimum atomic E-state index is 0.650. The quantitative estimate of drug-likeness (QED) is 0.812. The van der Waals surface area contributed by atoms with Gasteiger partial charge < -0.3 is 10.6 Å². The molecule has 0 aliphatic carbocycles. The van der Waals surface area contributed by atoms with Crippen LogP contribution in [0.15, 0.2) is 24.3 Å². The van der Waals surface area contributed by atoms with Crippen LogP contribution in [0, 0.1) is 0 Å². The third-order valence-electron chi connectivity index (χ3n) is 3.77. The molecule has 0 radical (unpaired) electrons. The Morgan fingerprint density at radius 3 is 2.24 bits per heavy atom. The van der Waals surface area contributed by atoms with Crippen LogP contribution in [-0.4, -0.2) is 24.0 Å². The van der Waals surface area contributed by atoms with E-state index in [-0.39, 0.29) is 0 Å². The van der Waals surface area contributed by atoms with Crippen molar-refractivity contribution in [3.05, 3.63) is 29.8 Å². The van der Waals surface area contributed by atoms with Crippen molar-refractivity contribution < 1.29 is 0 Å². The van der Waals surface area contributed by atoms with Gasteiger partial charge in [-0.25, -0.2) is 0 Å². The van der Waals surface area contributed by atoms with Crippen LogP contribution in [0.1, 0.15) is 38.2 Å². The van der Waals surface area contributed by atoms with Crippen LogP contribution < -0.4 is 5.73 Å². The number of likely N-dealkylation sites (tertiary alicyclic amines) is 1. The summed E-state index contributed by atoms with van der Waals surface area (Å²) in [6, 6.07) is 8.97. The lowest BCUT2D eigenvalue weighted by Crippen LogP contribution is -2.35. The van der Waals surface area contributed by atoms with Gasteiger partial charge >= 0.3 is 0 Å². The number of rotatable bonds is 3. The first-order chi connectivity index (χ1) is 8.25. The Balaban J connectivity index is 1.90. The largest absolute Gasteiger partial charge is 0.399 e. The van der Waals surface area contributed by atoms with E-state index in [0.29, 0.717) is 6.04 Å². The van der Waals surface area contributed by atoms with Crippen molar-refractivity contribution in [3.63, 3.8) is 0 Å². The Labute approximate surface area is 105 Å². The van der Waals surface area contributed by atoms with E-state index in [1.807, 2.05) is 12.1 Å². The highest BCUT2D eigenvalue weighted by Crippen LogP contribution is 2.16.